The van der Waals surface area contributed by atoms with Crippen molar-refractivity contribution in [3.8, 4) is 11.5 Å². The average molecular weight is 306 g/mol. The van der Waals surface area contributed by atoms with Crippen LogP contribution in [0, 0.1) is 6.92 Å². The Morgan fingerprint density at radius 2 is 1.90 bits per heavy atom. The van der Waals surface area contributed by atoms with E-state index in [1.54, 1.807) is 6.07 Å². The summed E-state index contributed by atoms with van der Waals surface area (Å²) in [6, 6.07) is 10.6. The van der Waals surface area contributed by atoms with Crippen LogP contribution in [0.5, 0.6) is 0 Å². The molecule has 2 aromatic carbocycles. The molecule has 20 heavy (non-hydrogen) atoms. The molecule has 0 bridgehead atoms. The molecule has 0 atom stereocenters. The van der Waals surface area contributed by atoms with E-state index >= 15 is 0 Å². The van der Waals surface area contributed by atoms with Gasteiger partial charge in [-0.2, -0.15) is 0 Å². The summed E-state index contributed by atoms with van der Waals surface area (Å²) < 4.78 is 5.28. The van der Waals surface area contributed by atoms with Gasteiger partial charge in [0.1, 0.15) is 5.52 Å². The molecule has 0 unspecified atom stereocenters. The first-order valence-electron chi connectivity index (χ1n) is 5.92. The van der Waals surface area contributed by atoms with Gasteiger partial charge in [-0.05, 0) is 30.7 Å². The van der Waals surface area contributed by atoms with Crippen molar-refractivity contribution in [3.63, 3.8) is 0 Å². The third-order valence-electron chi connectivity index (χ3n) is 3.03. The van der Waals surface area contributed by atoms with E-state index in [0.29, 0.717) is 15.6 Å². The largest absolute Gasteiger partial charge is 0.403 e. The normalized spacial score (nSPS) is 10.9. The smallest absolute Gasteiger partial charge is 0.347 e. The van der Waals surface area contributed by atoms with Crippen LogP contribution in [0.4, 0.5) is 0 Å². The summed E-state index contributed by atoms with van der Waals surface area (Å²) in [6.07, 6.45) is 0. The van der Waals surface area contributed by atoms with Crippen LogP contribution in [0.1, 0.15) is 5.56 Å². The first-order valence-corrected chi connectivity index (χ1v) is 6.68. The molecular weight excluding hydrogens is 297 g/mol. The maximum Gasteiger partial charge on any atom is 0.347 e. The van der Waals surface area contributed by atoms with Crippen LogP contribution in [0.15, 0.2) is 45.6 Å². The summed E-state index contributed by atoms with van der Waals surface area (Å²) in [7, 11) is 0. The number of halogens is 2. The van der Waals surface area contributed by atoms with Crippen LogP contribution in [0.2, 0.25) is 10.0 Å². The van der Waals surface area contributed by atoms with Crippen LogP contribution in [-0.4, -0.2) is 4.98 Å². The molecule has 0 amide bonds. The molecule has 0 aliphatic carbocycles. The molecule has 0 spiro atoms. The van der Waals surface area contributed by atoms with Crippen LogP contribution in [-0.2, 0) is 0 Å². The molecule has 0 saturated heterocycles. The van der Waals surface area contributed by atoms with Crippen molar-refractivity contribution in [3.05, 3.63) is 62.4 Å². The number of aromatic nitrogens is 1. The molecule has 0 radical (unpaired) electrons. The number of rotatable bonds is 1. The van der Waals surface area contributed by atoms with Crippen molar-refractivity contribution in [2.75, 3.05) is 0 Å². The van der Waals surface area contributed by atoms with Crippen molar-refractivity contribution in [1.29, 1.82) is 0 Å². The third-order valence-corrected chi connectivity index (χ3v) is 3.53. The minimum Gasteiger partial charge on any atom is -0.403 e. The molecule has 3 nitrogen and oxygen atoms in total. The van der Waals surface area contributed by atoms with Gasteiger partial charge in [0.2, 0.25) is 5.89 Å². The lowest BCUT2D eigenvalue weighted by molar-refractivity contribution is 0.518. The van der Waals surface area contributed by atoms with Gasteiger partial charge in [-0.1, -0.05) is 41.4 Å². The Morgan fingerprint density at radius 3 is 2.65 bits per heavy atom. The van der Waals surface area contributed by atoms with Crippen LogP contribution < -0.4 is 5.63 Å². The molecule has 5 heteroatoms. The number of hydrogen-bond donors (Lipinski definition) is 0. The van der Waals surface area contributed by atoms with Crippen molar-refractivity contribution in [2.45, 2.75) is 6.92 Å². The Morgan fingerprint density at radius 1 is 1.15 bits per heavy atom. The van der Waals surface area contributed by atoms with Crippen molar-refractivity contribution >= 4 is 34.1 Å². The van der Waals surface area contributed by atoms with E-state index in [9.17, 15) is 4.79 Å². The van der Waals surface area contributed by atoms with Crippen molar-refractivity contribution in [1.82, 2.24) is 4.98 Å². The Balaban J connectivity index is 2.36. The average Bonchev–Trinajstić information content (AvgIpc) is 2.40. The predicted octanol–water partition coefficient (Wildman–Crippen LogP) is 4.47. The Kier molecular flexibility index (Phi) is 3.24. The number of nitrogens with zero attached hydrogens (tertiary/aromatic N) is 1. The molecule has 0 aliphatic rings. The lowest BCUT2D eigenvalue weighted by Gasteiger charge is -2.05. The standard InChI is InChI=1S/C15H9Cl2NO2/c1-8-4-2-3-5-10(8)14-18-13-11(15(19)20-14)6-9(16)7-12(13)17/h2-7H,1H3. The first kappa shape index (κ1) is 13.2. The molecular formula is C15H9Cl2NO2. The monoisotopic (exact) mass is 305 g/mol. The minimum atomic E-state index is -0.502. The number of fused-ring (bicyclic) bond motifs is 1. The van der Waals surface area contributed by atoms with Gasteiger partial charge < -0.3 is 4.42 Å². The molecule has 0 aliphatic heterocycles. The molecule has 3 rings (SSSR count). The van der Waals surface area contributed by atoms with Gasteiger partial charge in [-0.25, -0.2) is 9.78 Å². The lowest BCUT2D eigenvalue weighted by Crippen LogP contribution is -2.04. The maximum absolute atomic E-state index is 12.1. The summed E-state index contributed by atoms with van der Waals surface area (Å²) in [6.45, 7) is 1.92. The molecule has 0 saturated carbocycles. The van der Waals surface area contributed by atoms with Crippen molar-refractivity contribution in [2.24, 2.45) is 0 Å². The van der Waals surface area contributed by atoms with Gasteiger partial charge in [-0.15, -0.1) is 0 Å². The Bertz CT molecular complexity index is 871. The number of benzene rings is 2. The van der Waals surface area contributed by atoms with E-state index < -0.39 is 5.63 Å². The zero-order valence-electron chi connectivity index (χ0n) is 10.5. The Labute approximate surface area is 124 Å². The second-order valence-electron chi connectivity index (χ2n) is 4.41. The summed E-state index contributed by atoms with van der Waals surface area (Å²) in [5.74, 6) is 0.254. The van der Waals surface area contributed by atoms with Gasteiger partial charge in [0.05, 0.1) is 10.4 Å². The zero-order chi connectivity index (χ0) is 14.3. The van der Waals surface area contributed by atoms with Gasteiger partial charge in [0.15, 0.2) is 0 Å². The second-order valence-corrected chi connectivity index (χ2v) is 5.25. The fraction of sp³-hybridized carbons (Fsp3) is 0.0667. The van der Waals surface area contributed by atoms with E-state index in [0.717, 1.165) is 11.1 Å². The van der Waals surface area contributed by atoms with E-state index in [1.807, 2.05) is 31.2 Å². The predicted molar refractivity (Wildman–Crippen MR) is 80.5 cm³/mol. The van der Waals surface area contributed by atoms with Gasteiger partial charge in [0, 0.05) is 10.6 Å². The van der Waals surface area contributed by atoms with Gasteiger partial charge in [0.25, 0.3) is 0 Å². The molecule has 100 valence electrons. The van der Waals surface area contributed by atoms with Gasteiger partial charge in [-0.3, -0.25) is 0 Å². The molecule has 0 fully saturated rings. The van der Waals surface area contributed by atoms with Gasteiger partial charge >= 0.3 is 5.63 Å². The summed E-state index contributed by atoms with van der Waals surface area (Å²) in [5.41, 5.74) is 1.62. The molecule has 3 aromatic rings. The number of aryl methyl sites for hydroxylation is 1. The summed E-state index contributed by atoms with van der Waals surface area (Å²) >= 11 is 12.0. The fourth-order valence-corrected chi connectivity index (χ4v) is 2.57. The SMILES string of the molecule is Cc1ccccc1-c1nc2c(Cl)cc(Cl)cc2c(=O)o1. The van der Waals surface area contributed by atoms with Crippen molar-refractivity contribution < 1.29 is 4.42 Å². The van der Waals surface area contributed by atoms with Crippen LogP contribution in [0.3, 0.4) is 0 Å². The maximum atomic E-state index is 12.1. The summed E-state index contributed by atoms with van der Waals surface area (Å²) in [5, 5.41) is 0.982. The van der Waals surface area contributed by atoms with Crippen LogP contribution >= 0.6 is 23.2 Å². The minimum absolute atomic E-state index is 0.254. The first-order chi connectivity index (χ1) is 9.56. The Hall–Kier alpha value is -1.84. The summed E-state index contributed by atoms with van der Waals surface area (Å²) in [4.78, 5) is 16.4. The lowest BCUT2D eigenvalue weighted by atomic mass is 10.1. The van der Waals surface area contributed by atoms with E-state index in [4.69, 9.17) is 27.6 Å². The van der Waals surface area contributed by atoms with E-state index in [-0.39, 0.29) is 11.3 Å². The number of hydrogen-bond acceptors (Lipinski definition) is 3. The van der Waals surface area contributed by atoms with Crippen LogP contribution in [0.25, 0.3) is 22.4 Å². The quantitative estimate of drug-likeness (QED) is 0.666. The molecule has 1 aromatic heterocycles. The third kappa shape index (κ3) is 2.19. The van der Waals surface area contributed by atoms with E-state index in [1.165, 1.54) is 6.07 Å². The molecule has 1 heterocycles. The highest BCUT2D eigenvalue weighted by Crippen LogP contribution is 2.27. The highest BCUT2D eigenvalue weighted by atomic mass is 35.5. The molecule has 0 N–H and O–H groups in total. The zero-order valence-corrected chi connectivity index (χ0v) is 12.0. The van der Waals surface area contributed by atoms with E-state index in [2.05, 4.69) is 4.98 Å². The fourth-order valence-electron chi connectivity index (χ4n) is 2.03. The second kappa shape index (κ2) is 4.93. The topological polar surface area (TPSA) is 43.1 Å². The highest BCUT2D eigenvalue weighted by Gasteiger charge is 2.13. The highest BCUT2D eigenvalue weighted by molar-refractivity contribution is 6.38.